The molecule has 0 radical (unpaired) electrons. The molecule has 1 fully saturated rings. The standard InChI is InChI=1S/C23H23NO4/c25-21(24-20(22(26)27)18-7-3-1-4-8-18)19-11-9-17(10-12-19)13-16-23(28)14-5-2-6-15-23/h1,3-4,7-12,20,28H,2,5-6,14-15H2,(H,24,25)(H,26,27)/t20-/m1/s1. The smallest absolute Gasteiger partial charge is 0.330 e. The molecule has 1 atom stereocenters. The van der Waals surface area contributed by atoms with Crippen molar-refractivity contribution in [2.45, 2.75) is 43.7 Å². The number of aliphatic carboxylic acids is 1. The summed E-state index contributed by atoms with van der Waals surface area (Å²) in [5.74, 6) is 4.35. The average Bonchev–Trinajstić information content (AvgIpc) is 2.72. The summed E-state index contributed by atoms with van der Waals surface area (Å²) >= 11 is 0. The van der Waals surface area contributed by atoms with E-state index in [9.17, 15) is 19.8 Å². The molecule has 0 saturated heterocycles. The maximum atomic E-state index is 12.4. The van der Waals surface area contributed by atoms with E-state index >= 15 is 0 Å². The molecule has 0 aromatic heterocycles. The number of amides is 1. The van der Waals surface area contributed by atoms with E-state index in [0.717, 1.165) is 19.3 Å². The van der Waals surface area contributed by atoms with Crippen molar-refractivity contribution >= 4 is 11.9 Å². The topological polar surface area (TPSA) is 86.6 Å². The van der Waals surface area contributed by atoms with Crippen molar-refractivity contribution in [2.75, 3.05) is 0 Å². The zero-order chi connectivity index (χ0) is 20.0. The van der Waals surface area contributed by atoms with Gasteiger partial charge in [-0.25, -0.2) is 4.79 Å². The molecular weight excluding hydrogens is 354 g/mol. The number of benzene rings is 2. The highest BCUT2D eigenvalue weighted by Gasteiger charge is 2.26. The second-order valence-electron chi connectivity index (χ2n) is 7.07. The van der Waals surface area contributed by atoms with Crippen LogP contribution in [-0.4, -0.2) is 27.7 Å². The van der Waals surface area contributed by atoms with Gasteiger partial charge in [-0.2, -0.15) is 0 Å². The largest absolute Gasteiger partial charge is 0.479 e. The van der Waals surface area contributed by atoms with Crippen LogP contribution in [0.2, 0.25) is 0 Å². The summed E-state index contributed by atoms with van der Waals surface area (Å²) in [5.41, 5.74) is 0.641. The minimum atomic E-state index is -1.12. The van der Waals surface area contributed by atoms with E-state index in [1.54, 1.807) is 54.6 Å². The van der Waals surface area contributed by atoms with E-state index in [4.69, 9.17) is 0 Å². The van der Waals surface area contributed by atoms with Crippen LogP contribution in [0.1, 0.15) is 59.6 Å². The molecule has 3 N–H and O–H groups in total. The van der Waals surface area contributed by atoms with E-state index in [1.807, 2.05) is 0 Å². The molecule has 0 spiro atoms. The lowest BCUT2D eigenvalue weighted by atomic mass is 9.85. The van der Waals surface area contributed by atoms with Crippen molar-refractivity contribution in [3.63, 3.8) is 0 Å². The molecule has 3 rings (SSSR count). The molecule has 144 valence electrons. The Morgan fingerprint density at radius 3 is 2.21 bits per heavy atom. The van der Waals surface area contributed by atoms with Gasteiger partial charge in [0.05, 0.1) is 0 Å². The Labute approximate surface area is 164 Å². The van der Waals surface area contributed by atoms with Gasteiger partial charge < -0.3 is 15.5 Å². The van der Waals surface area contributed by atoms with E-state index in [-0.39, 0.29) is 0 Å². The number of hydrogen-bond donors (Lipinski definition) is 3. The number of nitrogens with one attached hydrogen (secondary N) is 1. The number of rotatable bonds is 4. The zero-order valence-electron chi connectivity index (χ0n) is 15.5. The van der Waals surface area contributed by atoms with Gasteiger partial charge in [0.2, 0.25) is 0 Å². The molecule has 0 unspecified atom stereocenters. The lowest BCUT2D eigenvalue weighted by molar-refractivity contribution is -0.139. The summed E-state index contributed by atoms with van der Waals surface area (Å²) in [7, 11) is 0. The fourth-order valence-electron chi connectivity index (χ4n) is 3.30. The molecule has 1 amide bonds. The van der Waals surface area contributed by atoms with Gasteiger partial charge in [0.15, 0.2) is 6.04 Å². The Hall–Kier alpha value is -3.10. The number of carbonyl (C=O) groups is 2. The first-order chi connectivity index (χ1) is 13.5. The van der Waals surface area contributed by atoms with Crippen LogP contribution in [0.4, 0.5) is 0 Å². The Morgan fingerprint density at radius 2 is 1.61 bits per heavy atom. The Balaban J connectivity index is 1.69. The predicted octanol–water partition coefficient (Wildman–Crippen LogP) is 3.29. The predicted molar refractivity (Wildman–Crippen MR) is 106 cm³/mol. The van der Waals surface area contributed by atoms with Gasteiger partial charge in [0.1, 0.15) is 5.60 Å². The maximum absolute atomic E-state index is 12.4. The highest BCUT2D eigenvalue weighted by molar-refractivity contribution is 5.96. The molecule has 28 heavy (non-hydrogen) atoms. The van der Waals surface area contributed by atoms with Crippen LogP contribution in [0.15, 0.2) is 54.6 Å². The average molecular weight is 377 g/mol. The second kappa shape index (κ2) is 8.73. The summed E-state index contributed by atoms with van der Waals surface area (Å²) in [6.45, 7) is 0. The SMILES string of the molecule is O=C(N[C@@H](C(=O)O)c1ccccc1)c1ccc(C#CC2(O)CCCCC2)cc1. The highest BCUT2D eigenvalue weighted by atomic mass is 16.4. The summed E-state index contributed by atoms with van der Waals surface area (Å²) < 4.78 is 0. The Bertz CT molecular complexity index is 888. The van der Waals surface area contributed by atoms with Gasteiger partial charge >= 0.3 is 5.97 Å². The molecule has 0 heterocycles. The lowest BCUT2D eigenvalue weighted by Crippen LogP contribution is -2.33. The summed E-state index contributed by atoms with van der Waals surface area (Å²) in [5, 5.41) is 22.4. The molecule has 0 bridgehead atoms. The maximum Gasteiger partial charge on any atom is 0.330 e. The third-order valence-corrected chi connectivity index (χ3v) is 4.92. The molecule has 5 nitrogen and oxygen atoms in total. The van der Waals surface area contributed by atoms with Crippen LogP contribution in [0.25, 0.3) is 0 Å². The normalized spacial score (nSPS) is 16.3. The third-order valence-electron chi connectivity index (χ3n) is 4.92. The lowest BCUT2D eigenvalue weighted by Gasteiger charge is -2.26. The van der Waals surface area contributed by atoms with Gasteiger partial charge in [-0.3, -0.25) is 4.79 Å². The van der Waals surface area contributed by atoms with Gasteiger partial charge in [-0.05, 0) is 55.5 Å². The first-order valence-corrected chi connectivity index (χ1v) is 9.41. The van der Waals surface area contributed by atoms with Crippen LogP contribution in [0.5, 0.6) is 0 Å². The highest BCUT2D eigenvalue weighted by Crippen LogP contribution is 2.27. The van der Waals surface area contributed by atoms with E-state index in [1.165, 1.54) is 0 Å². The molecule has 1 aliphatic rings. The first-order valence-electron chi connectivity index (χ1n) is 9.41. The van der Waals surface area contributed by atoms with E-state index in [0.29, 0.717) is 29.5 Å². The first kappa shape index (κ1) is 19.7. The molecule has 1 aliphatic carbocycles. The number of hydrogen-bond acceptors (Lipinski definition) is 3. The van der Waals surface area contributed by atoms with Crippen LogP contribution in [0.3, 0.4) is 0 Å². The summed E-state index contributed by atoms with van der Waals surface area (Å²) in [6.07, 6.45) is 4.48. The van der Waals surface area contributed by atoms with Crippen molar-refractivity contribution in [1.29, 1.82) is 0 Å². The van der Waals surface area contributed by atoms with E-state index < -0.39 is 23.5 Å². The molecule has 2 aromatic rings. The van der Waals surface area contributed by atoms with Crippen molar-refractivity contribution in [3.8, 4) is 11.8 Å². The second-order valence-corrected chi connectivity index (χ2v) is 7.07. The van der Waals surface area contributed by atoms with Crippen molar-refractivity contribution in [1.82, 2.24) is 5.32 Å². The van der Waals surface area contributed by atoms with Gasteiger partial charge in [0.25, 0.3) is 5.91 Å². The van der Waals surface area contributed by atoms with Crippen LogP contribution in [-0.2, 0) is 4.79 Å². The fourth-order valence-corrected chi connectivity index (χ4v) is 3.30. The van der Waals surface area contributed by atoms with Crippen molar-refractivity contribution in [2.24, 2.45) is 0 Å². The Morgan fingerprint density at radius 1 is 0.964 bits per heavy atom. The summed E-state index contributed by atoms with van der Waals surface area (Å²) in [4.78, 5) is 24.0. The third kappa shape index (κ3) is 4.99. The zero-order valence-corrected chi connectivity index (χ0v) is 15.5. The van der Waals surface area contributed by atoms with E-state index in [2.05, 4.69) is 17.2 Å². The van der Waals surface area contributed by atoms with Crippen LogP contribution in [0, 0.1) is 11.8 Å². The fraction of sp³-hybridized carbons (Fsp3) is 0.304. The van der Waals surface area contributed by atoms with Crippen molar-refractivity contribution < 1.29 is 19.8 Å². The number of carbonyl (C=O) groups excluding carboxylic acids is 1. The van der Waals surface area contributed by atoms with Gasteiger partial charge in [0, 0.05) is 11.1 Å². The van der Waals surface area contributed by atoms with Gasteiger partial charge in [-0.15, -0.1) is 0 Å². The Kier molecular flexibility index (Phi) is 6.13. The number of carboxylic acids is 1. The minimum Gasteiger partial charge on any atom is -0.479 e. The quantitative estimate of drug-likeness (QED) is 0.714. The minimum absolute atomic E-state index is 0.351. The van der Waals surface area contributed by atoms with Crippen LogP contribution < -0.4 is 5.32 Å². The van der Waals surface area contributed by atoms with Gasteiger partial charge in [-0.1, -0.05) is 48.6 Å². The molecule has 2 aromatic carbocycles. The molecule has 5 heteroatoms. The molecule has 1 saturated carbocycles. The van der Waals surface area contributed by atoms with Crippen molar-refractivity contribution in [3.05, 3.63) is 71.3 Å². The number of carboxylic acid groups (broad SMARTS) is 1. The molecule has 0 aliphatic heterocycles. The number of aliphatic hydroxyl groups is 1. The van der Waals surface area contributed by atoms with Crippen LogP contribution >= 0.6 is 0 Å². The molecular formula is C23H23NO4. The summed E-state index contributed by atoms with van der Waals surface area (Å²) in [6, 6.07) is 14.1. The monoisotopic (exact) mass is 377 g/mol.